The molecule has 1 aromatic carbocycles. The van der Waals surface area contributed by atoms with Crippen molar-refractivity contribution >= 4 is 43.8 Å². The third kappa shape index (κ3) is 5.60. The molecule has 1 aliphatic rings. The molecule has 0 aliphatic heterocycles. The fraction of sp³-hybridized carbons (Fsp3) is 0.526. The van der Waals surface area contributed by atoms with Crippen LogP contribution in [-0.4, -0.2) is 50.7 Å². The Bertz CT molecular complexity index is 944. The summed E-state index contributed by atoms with van der Waals surface area (Å²) in [5.41, 5.74) is 0.346. The third-order valence-corrected chi connectivity index (χ3v) is 7.73. The molecule has 166 valence electrons. The van der Waals surface area contributed by atoms with Gasteiger partial charge in [-0.2, -0.15) is 0 Å². The van der Waals surface area contributed by atoms with Crippen LogP contribution in [-0.2, 0) is 10.0 Å². The van der Waals surface area contributed by atoms with E-state index in [-0.39, 0.29) is 28.9 Å². The molecule has 0 amide bonds. The summed E-state index contributed by atoms with van der Waals surface area (Å²) in [6.07, 6.45) is 5.83. The largest absolute Gasteiger partial charge is 0.379 e. The normalized spacial score (nSPS) is 19.8. The number of nitrogens with zero attached hydrogens (tertiary/aromatic N) is 2. The lowest BCUT2D eigenvalue weighted by atomic mass is 9.89. The zero-order valence-corrected chi connectivity index (χ0v) is 19.0. The number of aromatic nitrogens is 1. The highest BCUT2D eigenvalue weighted by Gasteiger charge is 2.29. The molecule has 1 aromatic heterocycles. The summed E-state index contributed by atoms with van der Waals surface area (Å²) in [6, 6.07) is 2.40. The van der Waals surface area contributed by atoms with Crippen LogP contribution in [0.2, 0.25) is 5.02 Å². The van der Waals surface area contributed by atoms with E-state index < -0.39 is 20.7 Å². The number of rotatable bonds is 9. The Balaban J connectivity index is 1.79. The lowest BCUT2D eigenvalue weighted by Gasteiger charge is -2.39. The van der Waals surface area contributed by atoms with Gasteiger partial charge in [0.15, 0.2) is 5.13 Å². The second kappa shape index (κ2) is 10.2. The van der Waals surface area contributed by atoms with Crippen LogP contribution in [0, 0.1) is 5.82 Å². The fourth-order valence-corrected chi connectivity index (χ4v) is 5.93. The van der Waals surface area contributed by atoms with E-state index in [1.165, 1.54) is 6.20 Å². The standard InChI is InChI=1S/C19H25ClF2N4O2S2/c1-26(9-4-7-21)17-6-3-2-5-15(17)24-16-12-14(22)18(11-13(16)20)30(27,28)25-19-23-8-10-29-19/h8,10-12,15,17,24H,2-7,9H2,1H3,(H,23,25)/t15-,17-/m0/s1. The van der Waals surface area contributed by atoms with Crippen LogP contribution < -0.4 is 10.0 Å². The Kier molecular flexibility index (Phi) is 7.89. The zero-order valence-electron chi connectivity index (χ0n) is 16.6. The van der Waals surface area contributed by atoms with E-state index in [2.05, 4.69) is 19.9 Å². The molecule has 0 bridgehead atoms. The van der Waals surface area contributed by atoms with Gasteiger partial charge in [0.25, 0.3) is 10.0 Å². The predicted octanol–water partition coefficient (Wildman–Crippen LogP) is 4.75. The van der Waals surface area contributed by atoms with Crippen LogP contribution in [0.1, 0.15) is 32.1 Å². The molecule has 30 heavy (non-hydrogen) atoms. The highest BCUT2D eigenvalue weighted by Crippen LogP contribution is 2.32. The van der Waals surface area contributed by atoms with Crippen LogP contribution in [0.4, 0.5) is 19.6 Å². The lowest BCUT2D eigenvalue weighted by molar-refractivity contribution is 0.171. The van der Waals surface area contributed by atoms with Gasteiger partial charge in [-0.1, -0.05) is 24.4 Å². The van der Waals surface area contributed by atoms with Crippen molar-refractivity contribution in [3.05, 3.63) is 34.5 Å². The van der Waals surface area contributed by atoms with Crippen molar-refractivity contribution in [2.24, 2.45) is 0 Å². The van der Waals surface area contributed by atoms with Crippen LogP contribution in [0.15, 0.2) is 28.6 Å². The van der Waals surface area contributed by atoms with Crippen molar-refractivity contribution < 1.29 is 17.2 Å². The number of likely N-dealkylation sites (N-methyl/N-ethyl adjacent to an activating group) is 1. The number of nitrogens with one attached hydrogen (secondary N) is 2. The first-order chi connectivity index (χ1) is 14.3. The van der Waals surface area contributed by atoms with Gasteiger partial charge in [0, 0.05) is 30.2 Å². The summed E-state index contributed by atoms with van der Waals surface area (Å²) >= 11 is 7.41. The van der Waals surface area contributed by atoms with Gasteiger partial charge in [-0.25, -0.2) is 17.8 Å². The van der Waals surface area contributed by atoms with E-state index in [0.29, 0.717) is 18.7 Å². The van der Waals surface area contributed by atoms with Gasteiger partial charge < -0.3 is 10.2 Å². The third-order valence-electron chi connectivity index (χ3n) is 5.25. The maximum Gasteiger partial charge on any atom is 0.266 e. The van der Waals surface area contributed by atoms with Crippen LogP contribution >= 0.6 is 22.9 Å². The molecule has 1 fully saturated rings. The predicted molar refractivity (Wildman–Crippen MR) is 117 cm³/mol. The van der Waals surface area contributed by atoms with Crippen LogP contribution in [0.25, 0.3) is 0 Å². The van der Waals surface area contributed by atoms with Crippen molar-refractivity contribution in [1.82, 2.24) is 9.88 Å². The number of hydrogen-bond acceptors (Lipinski definition) is 6. The van der Waals surface area contributed by atoms with Crippen molar-refractivity contribution in [2.75, 3.05) is 30.3 Å². The number of sulfonamides is 1. The minimum atomic E-state index is -4.15. The SMILES string of the molecule is CN(CCCF)[C@H]1CCCC[C@@H]1Nc1cc(F)c(S(=O)(=O)Nc2nccs2)cc1Cl. The summed E-state index contributed by atoms with van der Waals surface area (Å²) in [7, 11) is -2.19. The number of benzene rings is 1. The van der Waals surface area contributed by atoms with Crippen LogP contribution in [0.3, 0.4) is 0 Å². The van der Waals surface area contributed by atoms with E-state index >= 15 is 0 Å². The molecule has 2 atom stereocenters. The lowest BCUT2D eigenvalue weighted by Crippen LogP contribution is -2.47. The van der Waals surface area contributed by atoms with Gasteiger partial charge in [-0.05, 0) is 38.4 Å². The highest BCUT2D eigenvalue weighted by molar-refractivity contribution is 7.93. The zero-order chi connectivity index (χ0) is 21.7. The monoisotopic (exact) mass is 478 g/mol. The molecule has 0 saturated heterocycles. The molecular weight excluding hydrogens is 454 g/mol. The summed E-state index contributed by atoms with van der Waals surface area (Å²) in [4.78, 5) is 5.44. The van der Waals surface area contributed by atoms with Crippen molar-refractivity contribution in [2.45, 2.75) is 49.1 Å². The van der Waals surface area contributed by atoms with E-state index in [1.54, 1.807) is 5.38 Å². The van der Waals surface area contributed by atoms with Gasteiger partial charge >= 0.3 is 0 Å². The molecular formula is C19H25ClF2N4O2S2. The molecule has 0 spiro atoms. The van der Waals surface area contributed by atoms with Gasteiger partial charge in [0.1, 0.15) is 10.7 Å². The Morgan fingerprint density at radius 2 is 2.10 bits per heavy atom. The maximum atomic E-state index is 14.7. The average Bonchev–Trinajstić information content (AvgIpc) is 3.21. The molecule has 1 aliphatic carbocycles. The molecule has 1 heterocycles. The quantitative estimate of drug-likeness (QED) is 0.544. The first-order valence-electron chi connectivity index (χ1n) is 9.76. The molecule has 3 rings (SSSR count). The Hall–Kier alpha value is -1.49. The van der Waals surface area contributed by atoms with Crippen LogP contribution in [0.5, 0.6) is 0 Å². The first kappa shape index (κ1) is 23.2. The molecule has 2 aromatic rings. The topological polar surface area (TPSA) is 74.3 Å². The van der Waals surface area contributed by atoms with Crippen molar-refractivity contribution in [3.8, 4) is 0 Å². The summed E-state index contributed by atoms with van der Waals surface area (Å²) < 4.78 is 54.6. The second-order valence-electron chi connectivity index (χ2n) is 7.33. The number of alkyl halides is 1. The van der Waals surface area contributed by atoms with Gasteiger partial charge in [-0.15, -0.1) is 11.3 Å². The fourth-order valence-electron chi connectivity index (χ4n) is 3.77. The summed E-state index contributed by atoms with van der Waals surface area (Å²) in [5, 5.41) is 5.16. The molecule has 6 nitrogen and oxygen atoms in total. The number of anilines is 2. The van der Waals surface area contributed by atoms with E-state index in [4.69, 9.17) is 11.6 Å². The highest BCUT2D eigenvalue weighted by atomic mass is 35.5. The van der Waals surface area contributed by atoms with Gasteiger partial charge in [0.2, 0.25) is 0 Å². The van der Waals surface area contributed by atoms with E-state index in [1.807, 2.05) is 7.05 Å². The second-order valence-corrected chi connectivity index (χ2v) is 10.3. The molecule has 0 radical (unpaired) electrons. The van der Waals surface area contributed by atoms with Crippen molar-refractivity contribution in [3.63, 3.8) is 0 Å². The van der Waals surface area contributed by atoms with E-state index in [9.17, 15) is 17.2 Å². The minimum Gasteiger partial charge on any atom is -0.379 e. The molecule has 1 saturated carbocycles. The average molecular weight is 479 g/mol. The summed E-state index contributed by atoms with van der Waals surface area (Å²) in [5.74, 6) is -0.899. The number of halogens is 3. The Morgan fingerprint density at radius 3 is 2.80 bits per heavy atom. The Labute approximate surface area is 184 Å². The van der Waals surface area contributed by atoms with E-state index in [0.717, 1.165) is 49.2 Å². The first-order valence-corrected chi connectivity index (χ1v) is 12.5. The smallest absolute Gasteiger partial charge is 0.266 e. The van der Waals surface area contributed by atoms with Gasteiger partial charge in [-0.3, -0.25) is 9.11 Å². The minimum absolute atomic E-state index is 0.0103. The number of hydrogen-bond donors (Lipinski definition) is 2. The molecule has 11 heteroatoms. The number of thiazole rings is 1. The molecule has 2 N–H and O–H groups in total. The van der Waals surface area contributed by atoms with Gasteiger partial charge in [0.05, 0.1) is 17.4 Å². The maximum absolute atomic E-state index is 14.7. The van der Waals surface area contributed by atoms with Crippen molar-refractivity contribution in [1.29, 1.82) is 0 Å². The Morgan fingerprint density at radius 1 is 1.33 bits per heavy atom. The summed E-state index contributed by atoms with van der Waals surface area (Å²) in [6.45, 7) is 0.276. The molecule has 0 unspecified atom stereocenters.